The number of ether oxygens (including phenoxy) is 2. The number of carbonyl (C=O) groups is 2. The highest BCUT2D eigenvalue weighted by Crippen LogP contribution is 2.37. The van der Waals surface area contributed by atoms with E-state index in [4.69, 9.17) is 9.47 Å². The number of imide groups is 1. The third kappa shape index (κ3) is 2.91. The van der Waals surface area contributed by atoms with Gasteiger partial charge in [-0.15, -0.1) is 0 Å². The van der Waals surface area contributed by atoms with Gasteiger partial charge in [0.05, 0.1) is 6.54 Å². The molecule has 0 aliphatic carbocycles. The lowest BCUT2D eigenvalue weighted by molar-refractivity contribution is -0.131. The Morgan fingerprint density at radius 3 is 2.56 bits per heavy atom. The number of rotatable bonds is 3. The number of fused-ring (bicyclic) bond motifs is 1. The molecule has 0 saturated carbocycles. The molecule has 27 heavy (non-hydrogen) atoms. The van der Waals surface area contributed by atoms with E-state index in [0.717, 1.165) is 16.7 Å². The van der Waals surface area contributed by atoms with Gasteiger partial charge < -0.3 is 14.8 Å². The summed E-state index contributed by atoms with van der Waals surface area (Å²) in [6.07, 6.45) is 0. The Balaban J connectivity index is 1.64. The van der Waals surface area contributed by atoms with Gasteiger partial charge in [0.15, 0.2) is 11.5 Å². The Hall–Kier alpha value is -3.02. The van der Waals surface area contributed by atoms with Crippen molar-refractivity contribution in [1.82, 2.24) is 10.2 Å². The molecule has 0 unspecified atom stereocenters. The predicted octanol–water partition coefficient (Wildman–Crippen LogP) is 3.04. The summed E-state index contributed by atoms with van der Waals surface area (Å²) in [6, 6.07) is 11.0. The van der Waals surface area contributed by atoms with Crippen molar-refractivity contribution in [3.05, 3.63) is 58.7 Å². The first-order valence-electron chi connectivity index (χ1n) is 8.99. The third-order valence-electron chi connectivity index (χ3n) is 5.23. The zero-order valence-corrected chi connectivity index (χ0v) is 15.7. The molecule has 0 aromatic heterocycles. The summed E-state index contributed by atoms with van der Waals surface area (Å²) >= 11 is 0. The third-order valence-corrected chi connectivity index (χ3v) is 5.23. The molecule has 0 spiro atoms. The average molecular weight is 366 g/mol. The number of aryl methyl sites for hydroxylation is 2. The minimum Gasteiger partial charge on any atom is -0.486 e. The SMILES string of the molecule is Cc1ccc(C)c(CN2C(=O)N[C@@](C)(c3ccc4c(c3)OCCO4)C2=O)c1. The van der Waals surface area contributed by atoms with E-state index in [1.54, 1.807) is 25.1 Å². The Morgan fingerprint density at radius 2 is 1.78 bits per heavy atom. The van der Waals surface area contributed by atoms with Crippen molar-refractivity contribution >= 4 is 11.9 Å². The van der Waals surface area contributed by atoms with Gasteiger partial charge in [-0.25, -0.2) is 4.79 Å². The smallest absolute Gasteiger partial charge is 0.325 e. The van der Waals surface area contributed by atoms with Crippen LogP contribution in [0.1, 0.15) is 29.2 Å². The second kappa shape index (κ2) is 6.30. The van der Waals surface area contributed by atoms with E-state index in [2.05, 4.69) is 5.32 Å². The number of hydrogen-bond donors (Lipinski definition) is 1. The number of hydrogen-bond acceptors (Lipinski definition) is 4. The molecule has 4 rings (SSSR count). The van der Waals surface area contributed by atoms with Crippen molar-refractivity contribution in [3.63, 3.8) is 0 Å². The van der Waals surface area contributed by atoms with Crippen molar-refractivity contribution < 1.29 is 19.1 Å². The van der Waals surface area contributed by atoms with Gasteiger partial charge in [0.1, 0.15) is 18.8 Å². The van der Waals surface area contributed by atoms with Crippen molar-refractivity contribution in [2.75, 3.05) is 13.2 Å². The molecular weight excluding hydrogens is 344 g/mol. The summed E-state index contributed by atoms with van der Waals surface area (Å²) < 4.78 is 11.2. The maximum atomic E-state index is 13.2. The van der Waals surface area contributed by atoms with E-state index in [9.17, 15) is 9.59 Å². The van der Waals surface area contributed by atoms with Gasteiger partial charge in [0.2, 0.25) is 0 Å². The van der Waals surface area contributed by atoms with E-state index < -0.39 is 11.6 Å². The quantitative estimate of drug-likeness (QED) is 0.848. The summed E-state index contributed by atoms with van der Waals surface area (Å²) in [7, 11) is 0. The van der Waals surface area contributed by atoms with E-state index in [-0.39, 0.29) is 12.5 Å². The lowest BCUT2D eigenvalue weighted by atomic mass is 9.91. The number of urea groups is 1. The highest BCUT2D eigenvalue weighted by molar-refractivity contribution is 6.07. The summed E-state index contributed by atoms with van der Waals surface area (Å²) in [5.74, 6) is 0.970. The van der Waals surface area contributed by atoms with E-state index >= 15 is 0 Å². The molecule has 2 aromatic rings. The van der Waals surface area contributed by atoms with Crippen LogP contribution >= 0.6 is 0 Å². The molecule has 6 heteroatoms. The normalized spacial score (nSPS) is 21.4. The van der Waals surface area contributed by atoms with Crippen LogP contribution in [0.3, 0.4) is 0 Å². The van der Waals surface area contributed by atoms with E-state index in [0.29, 0.717) is 30.3 Å². The molecule has 2 heterocycles. The van der Waals surface area contributed by atoms with Crippen LogP contribution in [0.4, 0.5) is 4.79 Å². The van der Waals surface area contributed by atoms with E-state index in [1.807, 2.05) is 32.0 Å². The summed E-state index contributed by atoms with van der Waals surface area (Å²) in [5.41, 5.74) is 2.65. The average Bonchev–Trinajstić information content (AvgIpc) is 2.88. The fraction of sp³-hybridized carbons (Fsp3) is 0.333. The highest BCUT2D eigenvalue weighted by Gasteiger charge is 2.49. The van der Waals surface area contributed by atoms with Gasteiger partial charge in [-0.3, -0.25) is 9.69 Å². The topological polar surface area (TPSA) is 67.9 Å². The van der Waals surface area contributed by atoms with Crippen LogP contribution in [-0.2, 0) is 16.9 Å². The molecule has 0 radical (unpaired) electrons. The van der Waals surface area contributed by atoms with Gasteiger partial charge in [-0.05, 0) is 49.6 Å². The molecule has 1 N–H and O–H groups in total. The molecule has 2 aliphatic heterocycles. The Kier molecular flexibility index (Phi) is 4.06. The number of amides is 3. The fourth-order valence-corrected chi connectivity index (χ4v) is 3.53. The number of nitrogens with zero attached hydrogens (tertiary/aromatic N) is 1. The predicted molar refractivity (Wildman–Crippen MR) is 99.8 cm³/mol. The fourth-order valence-electron chi connectivity index (χ4n) is 3.53. The molecular formula is C21H22N2O4. The maximum absolute atomic E-state index is 13.2. The van der Waals surface area contributed by atoms with Crippen LogP contribution in [0, 0.1) is 13.8 Å². The first-order chi connectivity index (χ1) is 12.9. The maximum Gasteiger partial charge on any atom is 0.325 e. The van der Waals surface area contributed by atoms with Crippen LogP contribution in [0.2, 0.25) is 0 Å². The zero-order chi connectivity index (χ0) is 19.2. The van der Waals surface area contributed by atoms with Crippen LogP contribution in [-0.4, -0.2) is 30.1 Å². The number of benzene rings is 2. The molecule has 1 saturated heterocycles. The molecule has 0 bridgehead atoms. The van der Waals surface area contributed by atoms with Crippen LogP contribution < -0.4 is 14.8 Å². The first-order valence-corrected chi connectivity index (χ1v) is 8.99. The van der Waals surface area contributed by atoms with Crippen molar-refractivity contribution in [3.8, 4) is 11.5 Å². The zero-order valence-electron chi connectivity index (χ0n) is 15.7. The summed E-state index contributed by atoms with van der Waals surface area (Å²) in [6.45, 7) is 6.91. The number of carbonyl (C=O) groups excluding carboxylic acids is 2. The van der Waals surface area contributed by atoms with Gasteiger partial charge in [0, 0.05) is 0 Å². The van der Waals surface area contributed by atoms with E-state index in [1.165, 1.54) is 4.90 Å². The monoisotopic (exact) mass is 366 g/mol. The van der Waals surface area contributed by atoms with Gasteiger partial charge in [-0.1, -0.05) is 29.8 Å². The van der Waals surface area contributed by atoms with Crippen molar-refractivity contribution in [2.45, 2.75) is 32.9 Å². The van der Waals surface area contributed by atoms with Gasteiger partial charge >= 0.3 is 6.03 Å². The minimum atomic E-state index is -1.13. The molecule has 3 amide bonds. The molecule has 2 aliphatic rings. The second-order valence-corrected chi connectivity index (χ2v) is 7.23. The van der Waals surface area contributed by atoms with Crippen LogP contribution in [0.5, 0.6) is 11.5 Å². The highest BCUT2D eigenvalue weighted by atomic mass is 16.6. The first kappa shape index (κ1) is 17.4. The summed E-state index contributed by atoms with van der Waals surface area (Å²) in [5, 5.41) is 2.85. The largest absolute Gasteiger partial charge is 0.486 e. The van der Waals surface area contributed by atoms with Crippen molar-refractivity contribution in [2.24, 2.45) is 0 Å². The van der Waals surface area contributed by atoms with Crippen LogP contribution in [0.25, 0.3) is 0 Å². The molecule has 2 aromatic carbocycles. The number of nitrogens with one attached hydrogen (secondary N) is 1. The molecule has 140 valence electrons. The van der Waals surface area contributed by atoms with Gasteiger partial charge in [-0.2, -0.15) is 0 Å². The Labute approximate surface area is 158 Å². The lowest BCUT2D eigenvalue weighted by Crippen LogP contribution is -2.41. The molecule has 6 nitrogen and oxygen atoms in total. The minimum absolute atomic E-state index is 0.248. The van der Waals surface area contributed by atoms with Gasteiger partial charge in [0.25, 0.3) is 5.91 Å². The Bertz CT molecular complexity index is 940. The van der Waals surface area contributed by atoms with Crippen molar-refractivity contribution in [1.29, 1.82) is 0 Å². The standard InChI is InChI=1S/C21H22N2O4/c1-13-4-5-14(2)15(10-13)12-23-19(24)21(3,22-20(23)25)16-6-7-17-18(11-16)27-9-8-26-17/h4-7,10-11H,8-9,12H2,1-3H3,(H,22,25)/t21-/m0/s1. The lowest BCUT2D eigenvalue weighted by Gasteiger charge is -2.25. The molecule has 1 fully saturated rings. The second-order valence-electron chi connectivity index (χ2n) is 7.23. The summed E-state index contributed by atoms with van der Waals surface area (Å²) in [4.78, 5) is 27.1. The van der Waals surface area contributed by atoms with Crippen LogP contribution in [0.15, 0.2) is 36.4 Å². The molecule has 1 atom stereocenters. The Morgan fingerprint density at radius 1 is 1.04 bits per heavy atom.